The molecule has 0 radical (unpaired) electrons. The molecule has 5 rings (SSSR count). The van der Waals surface area contributed by atoms with Crippen molar-refractivity contribution in [1.82, 2.24) is 9.80 Å². The number of benzene rings is 2. The monoisotopic (exact) mass is 566 g/mol. The van der Waals surface area contributed by atoms with E-state index in [1.54, 1.807) is 6.07 Å². The number of amides is 1. The van der Waals surface area contributed by atoms with Crippen LogP contribution in [0.2, 0.25) is 0 Å². The number of carbonyl (C=O) groups excluding carboxylic acids is 1. The Kier molecular flexibility index (Phi) is 8.38. The van der Waals surface area contributed by atoms with Crippen LogP contribution in [-0.4, -0.2) is 72.4 Å². The zero-order valence-corrected chi connectivity index (χ0v) is 22.4. The lowest BCUT2D eigenvalue weighted by Gasteiger charge is -2.47. The van der Waals surface area contributed by atoms with Gasteiger partial charge in [0.05, 0.1) is 18.1 Å². The van der Waals surface area contributed by atoms with Crippen molar-refractivity contribution >= 4 is 5.91 Å². The zero-order valence-electron chi connectivity index (χ0n) is 22.4. The molecule has 10 heteroatoms. The first kappa shape index (κ1) is 28.8. The third-order valence-corrected chi connectivity index (χ3v) is 8.76. The predicted molar refractivity (Wildman–Crippen MR) is 140 cm³/mol. The van der Waals surface area contributed by atoms with Gasteiger partial charge in [-0.1, -0.05) is 12.5 Å². The predicted octanol–water partition coefficient (Wildman–Crippen LogP) is 6.05. The first-order valence-electron chi connectivity index (χ1n) is 14.0. The minimum absolute atomic E-state index is 0.0229. The summed E-state index contributed by atoms with van der Waals surface area (Å²) in [5, 5.41) is 9.81. The van der Waals surface area contributed by atoms with Gasteiger partial charge in [-0.2, -0.15) is 13.2 Å². The van der Waals surface area contributed by atoms with Crippen LogP contribution in [0.4, 0.5) is 22.0 Å². The molecule has 0 bridgehead atoms. The van der Waals surface area contributed by atoms with Crippen molar-refractivity contribution in [1.29, 1.82) is 0 Å². The number of aliphatic hydroxyl groups excluding tert-OH is 1. The molecule has 0 aromatic heterocycles. The lowest BCUT2D eigenvalue weighted by molar-refractivity contribution is -0.256. The second-order valence-electron chi connectivity index (χ2n) is 11.5. The molecule has 5 nitrogen and oxygen atoms in total. The Labute approximate surface area is 230 Å². The maximum atomic E-state index is 15.0. The molecular formula is C30H35F5N2O3. The number of halogens is 5. The minimum Gasteiger partial charge on any atom is -0.493 e. The highest BCUT2D eigenvalue weighted by Crippen LogP contribution is 2.53. The van der Waals surface area contributed by atoms with Crippen LogP contribution >= 0.6 is 0 Å². The Hall–Kier alpha value is -2.72. The first-order chi connectivity index (χ1) is 19.0. The van der Waals surface area contributed by atoms with Gasteiger partial charge in [-0.15, -0.1) is 0 Å². The van der Waals surface area contributed by atoms with Crippen LogP contribution in [0.15, 0.2) is 36.4 Å². The number of rotatable bonds is 7. The van der Waals surface area contributed by atoms with Gasteiger partial charge in [0.25, 0.3) is 5.91 Å². The third kappa shape index (κ3) is 6.12. The zero-order chi connectivity index (χ0) is 28.5. The van der Waals surface area contributed by atoms with Crippen LogP contribution in [0.3, 0.4) is 0 Å². The number of aliphatic hydroxyl groups is 1. The Balaban J connectivity index is 1.14. The lowest BCUT2D eigenvalue weighted by atomic mass is 9.67. The summed E-state index contributed by atoms with van der Waals surface area (Å²) in [4.78, 5) is 16.1. The highest BCUT2D eigenvalue weighted by Gasteiger charge is 2.58. The number of piperidine rings is 2. The second kappa shape index (κ2) is 11.6. The van der Waals surface area contributed by atoms with Crippen molar-refractivity contribution in [3.8, 4) is 16.9 Å². The number of ether oxygens (including phenoxy) is 1. The number of carbonyl (C=O) groups is 1. The molecule has 40 heavy (non-hydrogen) atoms. The molecule has 1 amide bonds. The van der Waals surface area contributed by atoms with Crippen molar-refractivity contribution in [3.05, 3.63) is 53.6 Å². The number of hydrogen-bond acceptors (Lipinski definition) is 4. The fourth-order valence-electron chi connectivity index (χ4n) is 6.08. The molecule has 1 N–H and O–H groups in total. The molecule has 218 valence electrons. The summed E-state index contributed by atoms with van der Waals surface area (Å²) >= 11 is 0. The lowest BCUT2D eigenvalue weighted by Crippen LogP contribution is -2.53. The largest absolute Gasteiger partial charge is 0.493 e. The van der Waals surface area contributed by atoms with E-state index in [1.807, 2.05) is 4.90 Å². The van der Waals surface area contributed by atoms with Gasteiger partial charge in [-0.25, -0.2) is 8.78 Å². The summed E-state index contributed by atoms with van der Waals surface area (Å²) in [6, 6.07) is 8.12. The normalized spacial score (nSPS) is 22.1. The summed E-state index contributed by atoms with van der Waals surface area (Å²) in [6.07, 6.45) is -0.998. The van der Waals surface area contributed by atoms with Crippen LogP contribution in [0, 0.1) is 23.0 Å². The standard InChI is InChI=1S/C30H35F5N2O3/c31-26-15-21(28(39)37-12-1-3-22(38)17-37)4-6-24(26)25-7-5-23(16-27(25)32)40-18-20-8-13-36(14-9-20)19-29(10-2-11-29)30(33,34)35/h4-7,15-16,20,22,38H,1-3,8-14,17-19H2. The fourth-order valence-corrected chi connectivity index (χ4v) is 6.08. The van der Waals surface area contributed by atoms with Crippen LogP contribution in [-0.2, 0) is 0 Å². The summed E-state index contributed by atoms with van der Waals surface area (Å²) in [6.45, 7) is 2.24. The molecule has 0 spiro atoms. The van der Waals surface area contributed by atoms with Gasteiger partial charge in [0.2, 0.25) is 0 Å². The molecule has 2 saturated heterocycles. The van der Waals surface area contributed by atoms with E-state index in [0.29, 0.717) is 64.1 Å². The maximum Gasteiger partial charge on any atom is 0.395 e. The van der Waals surface area contributed by atoms with Gasteiger partial charge in [-0.3, -0.25) is 4.79 Å². The molecular weight excluding hydrogens is 531 g/mol. The van der Waals surface area contributed by atoms with E-state index in [9.17, 15) is 31.9 Å². The summed E-state index contributed by atoms with van der Waals surface area (Å²) < 4.78 is 76.2. The fraction of sp³-hybridized carbons (Fsp3) is 0.567. The van der Waals surface area contributed by atoms with E-state index >= 15 is 0 Å². The van der Waals surface area contributed by atoms with E-state index in [4.69, 9.17) is 4.74 Å². The maximum absolute atomic E-state index is 15.0. The SMILES string of the molecule is O=C(c1ccc(-c2ccc(OCC3CCN(CC4(C(F)(F)F)CCC4)CC3)cc2F)c(F)c1)N1CCCC(O)C1. The van der Waals surface area contributed by atoms with E-state index in [0.717, 1.165) is 6.07 Å². The number of hydrogen-bond donors (Lipinski definition) is 1. The molecule has 2 heterocycles. The molecule has 2 aliphatic heterocycles. The average Bonchev–Trinajstić information content (AvgIpc) is 2.89. The van der Waals surface area contributed by atoms with Gasteiger partial charge in [0.1, 0.15) is 17.4 Å². The Morgan fingerprint density at radius 3 is 2.20 bits per heavy atom. The smallest absolute Gasteiger partial charge is 0.395 e. The Morgan fingerprint density at radius 2 is 1.62 bits per heavy atom. The van der Waals surface area contributed by atoms with Gasteiger partial charge in [0.15, 0.2) is 0 Å². The highest BCUT2D eigenvalue weighted by atomic mass is 19.4. The number of nitrogens with zero attached hydrogens (tertiary/aromatic N) is 2. The van der Waals surface area contributed by atoms with Crippen molar-refractivity contribution in [2.75, 3.05) is 39.3 Å². The number of likely N-dealkylation sites (tertiary alicyclic amines) is 2. The van der Waals surface area contributed by atoms with Crippen molar-refractivity contribution in [2.24, 2.45) is 11.3 Å². The molecule has 1 atom stereocenters. The van der Waals surface area contributed by atoms with Crippen LogP contribution in [0.1, 0.15) is 55.3 Å². The van der Waals surface area contributed by atoms with Crippen LogP contribution in [0.5, 0.6) is 5.75 Å². The van der Waals surface area contributed by atoms with Gasteiger partial charge in [-0.05, 0) is 81.8 Å². The van der Waals surface area contributed by atoms with Crippen LogP contribution < -0.4 is 4.74 Å². The molecule has 1 saturated carbocycles. The topological polar surface area (TPSA) is 53.0 Å². The van der Waals surface area contributed by atoms with Gasteiger partial charge < -0.3 is 19.6 Å². The second-order valence-corrected chi connectivity index (χ2v) is 11.5. The molecule has 2 aromatic carbocycles. The van der Waals surface area contributed by atoms with Crippen molar-refractivity contribution in [3.63, 3.8) is 0 Å². The number of alkyl halides is 3. The summed E-state index contributed by atoms with van der Waals surface area (Å²) in [7, 11) is 0. The highest BCUT2D eigenvalue weighted by molar-refractivity contribution is 5.95. The minimum atomic E-state index is -4.17. The average molecular weight is 567 g/mol. The molecule has 2 aromatic rings. The third-order valence-electron chi connectivity index (χ3n) is 8.76. The van der Waals surface area contributed by atoms with Crippen LogP contribution in [0.25, 0.3) is 11.1 Å². The summed E-state index contributed by atoms with van der Waals surface area (Å²) in [5.74, 6) is -1.31. The first-order valence-corrected chi connectivity index (χ1v) is 14.0. The quantitative estimate of drug-likeness (QED) is 0.415. The molecule has 1 aliphatic carbocycles. The Morgan fingerprint density at radius 1 is 0.950 bits per heavy atom. The van der Waals surface area contributed by atoms with E-state index in [-0.39, 0.29) is 54.4 Å². The number of β-amino-alcohol motifs (C(OH)–C–C–N with tert-alkyl or cyclic N) is 1. The van der Waals surface area contributed by atoms with Gasteiger partial charge in [0, 0.05) is 42.4 Å². The Bertz CT molecular complexity index is 1210. The van der Waals surface area contributed by atoms with Crippen molar-refractivity contribution in [2.45, 2.75) is 57.2 Å². The van der Waals surface area contributed by atoms with E-state index < -0.39 is 29.3 Å². The molecule has 3 aliphatic rings. The summed E-state index contributed by atoms with van der Waals surface area (Å²) in [5.41, 5.74) is -1.35. The van der Waals surface area contributed by atoms with E-state index in [2.05, 4.69) is 0 Å². The van der Waals surface area contributed by atoms with E-state index in [1.165, 1.54) is 29.2 Å². The molecule has 1 unspecified atom stereocenters. The van der Waals surface area contributed by atoms with Crippen molar-refractivity contribution < 1.29 is 36.6 Å². The van der Waals surface area contributed by atoms with Gasteiger partial charge >= 0.3 is 6.18 Å². The molecule has 3 fully saturated rings.